The van der Waals surface area contributed by atoms with E-state index >= 15 is 0 Å². The predicted octanol–water partition coefficient (Wildman–Crippen LogP) is 1.58. The summed E-state index contributed by atoms with van der Waals surface area (Å²) in [5.41, 5.74) is 1.19. The summed E-state index contributed by atoms with van der Waals surface area (Å²) in [5, 5.41) is 12.8. The summed E-state index contributed by atoms with van der Waals surface area (Å²) < 4.78 is 5.14. The molecule has 0 aliphatic carbocycles. The van der Waals surface area contributed by atoms with E-state index in [0.717, 1.165) is 19.6 Å². The number of nitrogens with zero attached hydrogens (tertiary/aromatic N) is 1. The average Bonchev–Trinajstić information content (AvgIpc) is 2.80. The van der Waals surface area contributed by atoms with Crippen LogP contribution < -0.4 is 10.1 Å². The minimum atomic E-state index is 0.203. The number of nitrogens with one attached hydrogen (secondary N) is 1. The molecule has 0 bridgehead atoms. The number of rotatable bonds is 5. The number of likely N-dealkylation sites (N-methyl/N-ethyl adjacent to an activating group) is 1. The predicted molar refractivity (Wildman–Crippen MR) is 72.0 cm³/mol. The Morgan fingerprint density at radius 2 is 2.33 bits per heavy atom. The molecule has 4 heteroatoms. The van der Waals surface area contributed by atoms with Gasteiger partial charge in [0.2, 0.25) is 0 Å². The zero-order valence-corrected chi connectivity index (χ0v) is 11.1. The fourth-order valence-corrected chi connectivity index (χ4v) is 2.62. The zero-order valence-electron chi connectivity index (χ0n) is 11.1. The normalized spacial score (nSPS) is 20.2. The second-order valence-electron chi connectivity index (χ2n) is 4.83. The molecule has 0 spiro atoms. The third-order valence-electron chi connectivity index (χ3n) is 3.57. The molecule has 2 rings (SSSR count). The number of hydrogen-bond donors (Lipinski definition) is 2. The van der Waals surface area contributed by atoms with Crippen molar-refractivity contribution in [1.29, 1.82) is 0 Å². The van der Waals surface area contributed by atoms with Gasteiger partial charge in [-0.15, -0.1) is 0 Å². The van der Waals surface area contributed by atoms with Gasteiger partial charge >= 0.3 is 0 Å². The molecule has 0 aromatic heterocycles. The SMILES string of the molecule is CNCC1CCCN1Cc1ccc(O)c(OC)c1. The van der Waals surface area contributed by atoms with Crippen molar-refractivity contribution in [2.45, 2.75) is 25.4 Å². The first kappa shape index (κ1) is 13.2. The average molecular weight is 250 g/mol. The maximum atomic E-state index is 9.58. The molecule has 0 amide bonds. The minimum Gasteiger partial charge on any atom is -0.504 e. The number of phenolic OH excluding ortho intramolecular Hbond substituents is 1. The van der Waals surface area contributed by atoms with E-state index in [2.05, 4.69) is 10.2 Å². The van der Waals surface area contributed by atoms with Crippen LogP contribution in [-0.4, -0.2) is 43.3 Å². The Labute approximate surface area is 109 Å². The van der Waals surface area contributed by atoms with Gasteiger partial charge in [-0.05, 0) is 44.1 Å². The van der Waals surface area contributed by atoms with Gasteiger partial charge in [0.05, 0.1) is 7.11 Å². The zero-order chi connectivity index (χ0) is 13.0. The van der Waals surface area contributed by atoms with Gasteiger partial charge in [0.25, 0.3) is 0 Å². The highest BCUT2D eigenvalue weighted by atomic mass is 16.5. The van der Waals surface area contributed by atoms with Crippen LogP contribution in [0.4, 0.5) is 0 Å². The Bertz CT molecular complexity index is 395. The number of aromatic hydroxyl groups is 1. The Morgan fingerprint density at radius 3 is 3.06 bits per heavy atom. The third kappa shape index (κ3) is 2.94. The Morgan fingerprint density at radius 1 is 1.50 bits per heavy atom. The van der Waals surface area contributed by atoms with Crippen molar-refractivity contribution >= 4 is 0 Å². The molecule has 2 N–H and O–H groups in total. The molecule has 1 unspecified atom stereocenters. The molecule has 18 heavy (non-hydrogen) atoms. The molecular formula is C14H22N2O2. The molecule has 1 aromatic rings. The van der Waals surface area contributed by atoms with Gasteiger partial charge in [-0.2, -0.15) is 0 Å². The summed E-state index contributed by atoms with van der Waals surface area (Å²) >= 11 is 0. The summed E-state index contributed by atoms with van der Waals surface area (Å²) in [7, 11) is 3.58. The van der Waals surface area contributed by atoms with Crippen LogP contribution in [0.1, 0.15) is 18.4 Å². The van der Waals surface area contributed by atoms with E-state index in [1.54, 1.807) is 13.2 Å². The lowest BCUT2D eigenvalue weighted by molar-refractivity contribution is 0.242. The van der Waals surface area contributed by atoms with Crippen LogP contribution in [0, 0.1) is 0 Å². The van der Waals surface area contributed by atoms with Gasteiger partial charge in [0.1, 0.15) is 0 Å². The second kappa shape index (κ2) is 6.07. The van der Waals surface area contributed by atoms with E-state index in [0.29, 0.717) is 11.8 Å². The molecule has 1 fully saturated rings. The summed E-state index contributed by atoms with van der Waals surface area (Å²) in [6, 6.07) is 6.21. The van der Waals surface area contributed by atoms with Crippen molar-refractivity contribution in [2.75, 3.05) is 27.2 Å². The molecule has 100 valence electrons. The maximum absolute atomic E-state index is 9.58. The van der Waals surface area contributed by atoms with Gasteiger partial charge in [-0.3, -0.25) is 4.90 Å². The monoisotopic (exact) mass is 250 g/mol. The van der Waals surface area contributed by atoms with Crippen molar-refractivity contribution < 1.29 is 9.84 Å². The van der Waals surface area contributed by atoms with Gasteiger partial charge in [-0.25, -0.2) is 0 Å². The lowest BCUT2D eigenvalue weighted by atomic mass is 10.1. The molecule has 1 atom stereocenters. The van der Waals surface area contributed by atoms with E-state index in [4.69, 9.17) is 4.74 Å². The van der Waals surface area contributed by atoms with Crippen molar-refractivity contribution in [3.05, 3.63) is 23.8 Å². The van der Waals surface area contributed by atoms with Gasteiger partial charge in [0, 0.05) is 19.1 Å². The van der Waals surface area contributed by atoms with E-state index in [1.807, 2.05) is 19.2 Å². The van der Waals surface area contributed by atoms with E-state index in [1.165, 1.54) is 18.4 Å². The summed E-state index contributed by atoms with van der Waals surface area (Å²) in [6.07, 6.45) is 2.53. The molecule has 1 saturated heterocycles. The number of benzene rings is 1. The molecule has 1 aliphatic heterocycles. The molecule has 4 nitrogen and oxygen atoms in total. The summed E-state index contributed by atoms with van der Waals surface area (Å²) in [4.78, 5) is 2.49. The fourth-order valence-electron chi connectivity index (χ4n) is 2.62. The molecule has 0 radical (unpaired) electrons. The largest absolute Gasteiger partial charge is 0.504 e. The van der Waals surface area contributed by atoms with E-state index in [9.17, 15) is 5.11 Å². The standard InChI is InChI=1S/C14H22N2O2/c1-15-9-12-4-3-7-16(12)10-11-5-6-13(17)14(8-11)18-2/h5-6,8,12,15,17H,3-4,7,9-10H2,1-2H3. The van der Waals surface area contributed by atoms with Crippen LogP contribution in [-0.2, 0) is 6.54 Å². The number of ether oxygens (including phenoxy) is 1. The lowest BCUT2D eigenvalue weighted by Gasteiger charge is -2.24. The number of methoxy groups -OCH3 is 1. The van der Waals surface area contributed by atoms with Crippen LogP contribution >= 0.6 is 0 Å². The highest BCUT2D eigenvalue weighted by Crippen LogP contribution is 2.28. The molecule has 1 aliphatic rings. The molecule has 1 aromatic carbocycles. The summed E-state index contributed by atoms with van der Waals surface area (Å²) in [5.74, 6) is 0.756. The van der Waals surface area contributed by atoms with Crippen molar-refractivity contribution in [1.82, 2.24) is 10.2 Å². The van der Waals surface area contributed by atoms with Gasteiger partial charge < -0.3 is 15.2 Å². The first-order chi connectivity index (χ1) is 8.74. The third-order valence-corrected chi connectivity index (χ3v) is 3.57. The van der Waals surface area contributed by atoms with Crippen LogP contribution in [0.3, 0.4) is 0 Å². The van der Waals surface area contributed by atoms with E-state index < -0.39 is 0 Å². The summed E-state index contributed by atoms with van der Waals surface area (Å²) in [6.45, 7) is 3.10. The topological polar surface area (TPSA) is 44.7 Å². The highest BCUT2D eigenvalue weighted by molar-refractivity contribution is 5.41. The lowest BCUT2D eigenvalue weighted by Crippen LogP contribution is -2.36. The van der Waals surface area contributed by atoms with E-state index in [-0.39, 0.29) is 5.75 Å². The van der Waals surface area contributed by atoms with Crippen LogP contribution in [0.5, 0.6) is 11.5 Å². The van der Waals surface area contributed by atoms with Crippen LogP contribution in [0.15, 0.2) is 18.2 Å². The van der Waals surface area contributed by atoms with Crippen molar-refractivity contribution in [2.24, 2.45) is 0 Å². The maximum Gasteiger partial charge on any atom is 0.160 e. The Kier molecular flexibility index (Phi) is 4.44. The minimum absolute atomic E-state index is 0.203. The molecular weight excluding hydrogens is 228 g/mol. The molecule has 1 heterocycles. The number of likely N-dealkylation sites (tertiary alicyclic amines) is 1. The first-order valence-electron chi connectivity index (χ1n) is 6.49. The quantitative estimate of drug-likeness (QED) is 0.833. The van der Waals surface area contributed by atoms with Gasteiger partial charge in [-0.1, -0.05) is 6.07 Å². The second-order valence-corrected chi connectivity index (χ2v) is 4.83. The Balaban J connectivity index is 2.04. The van der Waals surface area contributed by atoms with Crippen LogP contribution in [0.25, 0.3) is 0 Å². The van der Waals surface area contributed by atoms with Crippen LogP contribution in [0.2, 0.25) is 0 Å². The highest BCUT2D eigenvalue weighted by Gasteiger charge is 2.23. The fraction of sp³-hybridized carbons (Fsp3) is 0.571. The van der Waals surface area contributed by atoms with Crippen molar-refractivity contribution in [3.63, 3.8) is 0 Å². The smallest absolute Gasteiger partial charge is 0.160 e. The molecule has 0 saturated carbocycles. The first-order valence-corrected chi connectivity index (χ1v) is 6.49. The van der Waals surface area contributed by atoms with Crippen molar-refractivity contribution in [3.8, 4) is 11.5 Å². The number of phenols is 1. The number of hydrogen-bond acceptors (Lipinski definition) is 4. The Hall–Kier alpha value is -1.26. The van der Waals surface area contributed by atoms with Gasteiger partial charge in [0.15, 0.2) is 11.5 Å².